The lowest BCUT2D eigenvalue weighted by Crippen LogP contribution is -2.43. The number of nitrogens with one attached hydrogen (secondary N) is 1. The molecule has 1 aromatic carbocycles. The molecule has 1 unspecified atom stereocenters. The van der Waals surface area contributed by atoms with E-state index in [1.807, 2.05) is 13.8 Å². The van der Waals surface area contributed by atoms with Crippen LogP contribution in [0.3, 0.4) is 0 Å². The van der Waals surface area contributed by atoms with E-state index in [-0.39, 0.29) is 11.6 Å². The van der Waals surface area contributed by atoms with Crippen LogP contribution >= 0.6 is 0 Å². The molecule has 0 aliphatic rings. The van der Waals surface area contributed by atoms with E-state index in [4.69, 9.17) is 5.73 Å². The van der Waals surface area contributed by atoms with Gasteiger partial charge in [0.1, 0.15) is 11.6 Å². The fourth-order valence-corrected chi connectivity index (χ4v) is 1.85. The Morgan fingerprint density at radius 2 is 1.95 bits per heavy atom. The normalized spacial score (nSPS) is 12.1. The number of amides is 1. The molecule has 0 aliphatic carbocycles. The van der Waals surface area contributed by atoms with Gasteiger partial charge < -0.3 is 15.8 Å². The van der Waals surface area contributed by atoms with Crippen LogP contribution in [0.1, 0.15) is 30.6 Å². The van der Waals surface area contributed by atoms with E-state index in [1.165, 1.54) is 7.11 Å². The molecule has 1 aromatic rings. The average Bonchev–Trinajstić information content (AvgIpc) is 2.41. The van der Waals surface area contributed by atoms with Gasteiger partial charge in [-0.05, 0) is 24.5 Å². The molecule has 1 atom stereocenters. The summed E-state index contributed by atoms with van der Waals surface area (Å²) in [6, 6.07) is 0.959. The SMILES string of the molecule is COC(=O)C(CC(C)C)NC(=O)c1c(N)ccc(F)c1F. The third-order valence-corrected chi connectivity index (χ3v) is 2.85. The van der Waals surface area contributed by atoms with Crippen molar-refractivity contribution in [3.63, 3.8) is 0 Å². The number of rotatable bonds is 5. The lowest BCUT2D eigenvalue weighted by molar-refractivity contribution is -0.143. The highest BCUT2D eigenvalue weighted by atomic mass is 19.2. The van der Waals surface area contributed by atoms with E-state index in [0.29, 0.717) is 6.42 Å². The highest BCUT2D eigenvalue weighted by Gasteiger charge is 2.26. The summed E-state index contributed by atoms with van der Waals surface area (Å²) < 4.78 is 31.4. The number of ether oxygens (including phenoxy) is 1. The molecular formula is C14H18F2N2O3. The summed E-state index contributed by atoms with van der Waals surface area (Å²) in [4.78, 5) is 23.7. The van der Waals surface area contributed by atoms with Crippen LogP contribution in [0.4, 0.5) is 14.5 Å². The Morgan fingerprint density at radius 1 is 1.33 bits per heavy atom. The van der Waals surface area contributed by atoms with Crippen molar-refractivity contribution in [3.8, 4) is 0 Å². The maximum Gasteiger partial charge on any atom is 0.328 e. The number of hydrogen-bond donors (Lipinski definition) is 2. The third-order valence-electron chi connectivity index (χ3n) is 2.85. The summed E-state index contributed by atoms with van der Waals surface area (Å²) in [6.45, 7) is 3.69. The van der Waals surface area contributed by atoms with Crippen molar-refractivity contribution in [2.24, 2.45) is 5.92 Å². The van der Waals surface area contributed by atoms with Crippen molar-refractivity contribution in [2.45, 2.75) is 26.3 Å². The number of carbonyl (C=O) groups excluding carboxylic acids is 2. The fraction of sp³-hybridized carbons (Fsp3) is 0.429. The second-order valence-electron chi connectivity index (χ2n) is 5.00. The summed E-state index contributed by atoms with van der Waals surface area (Å²) in [5.74, 6) is -4.06. The van der Waals surface area contributed by atoms with Gasteiger partial charge in [0.05, 0.1) is 7.11 Å². The highest BCUT2D eigenvalue weighted by molar-refractivity contribution is 6.01. The molecule has 0 spiro atoms. The quantitative estimate of drug-likeness (QED) is 0.642. The number of nitrogens with two attached hydrogens (primary N) is 1. The first kappa shape index (κ1) is 16.9. The van der Waals surface area contributed by atoms with Crippen molar-refractivity contribution in [3.05, 3.63) is 29.3 Å². The molecule has 21 heavy (non-hydrogen) atoms. The molecule has 0 saturated heterocycles. The van der Waals surface area contributed by atoms with Crippen LogP contribution in [0.5, 0.6) is 0 Å². The Hall–Kier alpha value is -2.18. The number of esters is 1. The predicted octanol–water partition coefficient (Wildman–Crippen LogP) is 1.86. The lowest BCUT2D eigenvalue weighted by atomic mass is 10.0. The Labute approximate surface area is 121 Å². The van der Waals surface area contributed by atoms with E-state index in [9.17, 15) is 18.4 Å². The Balaban J connectivity index is 3.02. The van der Waals surface area contributed by atoms with E-state index in [1.54, 1.807) is 0 Å². The smallest absolute Gasteiger partial charge is 0.328 e. The van der Waals surface area contributed by atoms with E-state index >= 15 is 0 Å². The van der Waals surface area contributed by atoms with Gasteiger partial charge in [-0.25, -0.2) is 13.6 Å². The summed E-state index contributed by atoms with van der Waals surface area (Å²) in [5, 5.41) is 2.32. The zero-order valence-corrected chi connectivity index (χ0v) is 12.1. The average molecular weight is 300 g/mol. The van der Waals surface area contributed by atoms with Gasteiger partial charge in [0.25, 0.3) is 5.91 Å². The molecule has 3 N–H and O–H groups in total. The molecule has 0 aliphatic heterocycles. The van der Waals surface area contributed by atoms with Crippen LogP contribution in [0.15, 0.2) is 12.1 Å². The molecule has 0 aromatic heterocycles. The zero-order chi connectivity index (χ0) is 16.2. The topological polar surface area (TPSA) is 81.4 Å². The molecule has 0 saturated carbocycles. The summed E-state index contributed by atoms with van der Waals surface area (Å²) in [6.07, 6.45) is 0.301. The molecule has 0 bridgehead atoms. The fourth-order valence-electron chi connectivity index (χ4n) is 1.85. The van der Waals surface area contributed by atoms with E-state index in [0.717, 1.165) is 12.1 Å². The number of hydrogen-bond acceptors (Lipinski definition) is 4. The molecule has 0 radical (unpaired) electrons. The molecule has 5 nitrogen and oxygen atoms in total. The van der Waals surface area contributed by atoms with Gasteiger partial charge in [-0.15, -0.1) is 0 Å². The first-order valence-electron chi connectivity index (χ1n) is 6.40. The van der Waals surface area contributed by atoms with Gasteiger partial charge >= 0.3 is 5.97 Å². The number of benzene rings is 1. The summed E-state index contributed by atoms with van der Waals surface area (Å²) in [7, 11) is 1.18. The van der Waals surface area contributed by atoms with Gasteiger partial charge in [-0.3, -0.25) is 4.79 Å². The Morgan fingerprint density at radius 3 is 2.48 bits per heavy atom. The van der Waals surface area contributed by atoms with Crippen LogP contribution < -0.4 is 11.1 Å². The summed E-state index contributed by atoms with van der Waals surface area (Å²) in [5.41, 5.74) is 4.67. The van der Waals surface area contributed by atoms with Crippen molar-refractivity contribution < 1.29 is 23.1 Å². The van der Waals surface area contributed by atoms with Crippen LogP contribution in [-0.4, -0.2) is 25.0 Å². The molecule has 1 rings (SSSR count). The Bertz CT molecular complexity index is 547. The molecule has 1 amide bonds. The van der Waals surface area contributed by atoms with Gasteiger partial charge in [0, 0.05) is 5.69 Å². The zero-order valence-electron chi connectivity index (χ0n) is 12.1. The van der Waals surface area contributed by atoms with Gasteiger partial charge in [0.2, 0.25) is 0 Å². The first-order valence-corrected chi connectivity index (χ1v) is 6.40. The number of carbonyl (C=O) groups is 2. The van der Waals surface area contributed by atoms with Crippen LogP contribution in [-0.2, 0) is 9.53 Å². The largest absolute Gasteiger partial charge is 0.467 e. The minimum Gasteiger partial charge on any atom is -0.467 e. The molecule has 0 fully saturated rings. The lowest BCUT2D eigenvalue weighted by Gasteiger charge is -2.19. The van der Waals surface area contributed by atoms with Crippen molar-refractivity contribution >= 4 is 17.6 Å². The molecular weight excluding hydrogens is 282 g/mol. The number of halogens is 2. The monoisotopic (exact) mass is 300 g/mol. The maximum absolute atomic E-state index is 13.7. The molecule has 7 heteroatoms. The minimum atomic E-state index is -1.35. The highest BCUT2D eigenvalue weighted by Crippen LogP contribution is 2.19. The van der Waals surface area contributed by atoms with E-state index in [2.05, 4.69) is 10.1 Å². The predicted molar refractivity (Wildman–Crippen MR) is 73.5 cm³/mol. The number of nitrogen functional groups attached to an aromatic ring is 1. The van der Waals surface area contributed by atoms with Crippen molar-refractivity contribution in [2.75, 3.05) is 12.8 Å². The Kier molecular flexibility index (Phi) is 5.63. The summed E-state index contributed by atoms with van der Waals surface area (Å²) >= 11 is 0. The maximum atomic E-state index is 13.7. The third kappa shape index (κ3) is 4.14. The molecule has 0 heterocycles. The van der Waals surface area contributed by atoms with Crippen molar-refractivity contribution in [1.29, 1.82) is 0 Å². The molecule has 116 valence electrons. The second-order valence-corrected chi connectivity index (χ2v) is 5.00. The first-order chi connectivity index (χ1) is 9.77. The van der Waals surface area contributed by atoms with E-state index < -0.39 is 35.1 Å². The van der Waals surface area contributed by atoms with Crippen LogP contribution in [0.25, 0.3) is 0 Å². The van der Waals surface area contributed by atoms with Gasteiger partial charge in [-0.2, -0.15) is 0 Å². The second kappa shape index (κ2) is 7.01. The number of methoxy groups -OCH3 is 1. The van der Waals surface area contributed by atoms with Crippen molar-refractivity contribution in [1.82, 2.24) is 5.32 Å². The van der Waals surface area contributed by atoms with Gasteiger partial charge in [-0.1, -0.05) is 13.8 Å². The van der Waals surface area contributed by atoms with Crippen LogP contribution in [0, 0.1) is 17.6 Å². The minimum absolute atomic E-state index is 0.0871. The number of anilines is 1. The standard InChI is InChI=1S/C14H18F2N2O3/c1-7(2)6-10(14(20)21-3)18-13(19)11-9(17)5-4-8(15)12(11)16/h4-5,7,10H,6,17H2,1-3H3,(H,18,19). The van der Waals surface area contributed by atoms with Crippen LogP contribution in [0.2, 0.25) is 0 Å². The van der Waals surface area contributed by atoms with Gasteiger partial charge in [0.15, 0.2) is 11.6 Å².